The fraction of sp³-hybridized carbons (Fsp3) is 0.538. The average molecular weight is 249 g/mol. The summed E-state index contributed by atoms with van der Waals surface area (Å²) >= 11 is 0. The molecular formula is C13H19N3O2. The van der Waals surface area contributed by atoms with Gasteiger partial charge in [-0.15, -0.1) is 0 Å². The molecular weight excluding hydrogens is 230 g/mol. The molecule has 0 aromatic carbocycles. The van der Waals surface area contributed by atoms with Crippen molar-refractivity contribution in [2.75, 3.05) is 33.1 Å². The van der Waals surface area contributed by atoms with Crippen molar-refractivity contribution < 1.29 is 9.53 Å². The van der Waals surface area contributed by atoms with Gasteiger partial charge in [-0.2, -0.15) is 0 Å². The highest BCUT2D eigenvalue weighted by molar-refractivity contribution is 5.95. The van der Waals surface area contributed by atoms with Crippen LogP contribution in [0.4, 0.5) is 5.69 Å². The van der Waals surface area contributed by atoms with E-state index in [0.29, 0.717) is 11.4 Å². The fourth-order valence-electron chi connectivity index (χ4n) is 1.51. The SMILES string of the molecule is CN(C)C(=O)c1ncc(N(C)C)cc1OC1CC1. The average Bonchev–Trinajstić information content (AvgIpc) is 3.11. The second-order valence-corrected chi connectivity index (χ2v) is 4.95. The Hall–Kier alpha value is -1.78. The molecule has 0 aliphatic heterocycles. The number of ether oxygens (including phenoxy) is 1. The van der Waals surface area contributed by atoms with Crippen LogP contribution in [-0.4, -0.2) is 50.1 Å². The minimum atomic E-state index is -0.129. The maximum absolute atomic E-state index is 12.0. The van der Waals surface area contributed by atoms with E-state index in [0.717, 1.165) is 18.5 Å². The van der Waals surface area contributed by atoms with Crippen LogP contribution in [0.2, 0.25) is 0 Å². The number of anilines is 1. The molecule has 1 heterocycles. The third kappa shape index (κ3) is 2.72. The summed E-state index contributed by atoms with van der Waals surface area (Å²) in [5.41, 5.74) is 1.32. The standard InChI is InChI=1S/C13H19N3O2/c1-15(2)9-7-11(18-10-5-6-10)12(14-8-9)13(17)16(3)4/h7-8,10H,5-6H2,1-4H3. The lowest BCUT2D eigenvalue weighted by Gasteiger charge is -2.17. The molecule has 0 unspecified atom stereocenters. The van der Waals surface area contributed by atoms with Gasteiger partial charge in [0.2, 0.25) is 0 Å². The van der Waals surface area contributed by atoms with E-state index in [1.165, 1.54) is 4.90 Å². The first-order chi connectivity index (χ1) is 8.49. The number of hydrogen-bond donors (Lipinski definition) is 0. The van der Waals surface area contributed by atoms with Crippen LogP contribution < -0.4 is 9.64 Å². The lowest BCUT2D eigenvalue weighted by atomic mass is 10.2. The van der Waals surface area contributed by atoms with Crippen LogP contribution in [0, 0.1) is 0 Å². The van der Waals surface area contributed by atoms with Crippen LogP contribution in [0.25, 0.3) is 0 Å². The van der Waals surface area contributed by atoms with E-state index in [2.05, 4.69) is 4.98 Å². The Kier molecular flexibility index (Phi) is 3.41. The zero-order valence-electron chi connectivity index (χ0n) is 11.3. The molecule has 1 saturated carbocycles. The summed E-state index contributed by atoms with van der Waals surface area (Å²) in [5, 5.41) is 0. The number of carbonyl (C=O) groups excluding carboxylic acids is 1. The Balaban J connectivity index is 2.34. The van der Waals surface area contributed by atoms with Crippen molar-refractivity contribution in [3.63, 3.8) is 0 Å². The molecule has 0 bridgehead atoms. The second-order valence-electron chi connectivity index (χ2n) is 4.95. The monoisotopic (exact) mass is 249 g/mol. The molecule has 1 amide bonds. The Morgan fingerprint density at radius 2 is 2.00 bits per heavy atom. The van der Waals surface area contributed by atoms with E-state index in [4.69, 9.17) is 4.74 Å². The molecule has 1 fully saturated rings. The smallest absolute Gasteiger partial charge is 0.275 e. The van der Waals surface area contributed by atoms with E-state index in [1.807, 2.05) is 25.1 Å². The molecule has 5 nitrogen and oxygen atoms in total. The minimum Gasteiger partial charge on any atom is -0.488 e. The Bertz CT molecular complexity index is 454. The van der Waals surface area contributed by atoms with Crippen molar-refractivity contribution in [2.45, 2.75) is 18.9 Å². The normalized spacial score (nSPS) is 14.2. The summed E-state index contributed by atoms with van der Waals surface area (Å²) in [7, 11) is 7.30. The summed E-state index contributed by atoms with van der Waals surface area (Å²) < 4.78 is 5.78. The highest BCUT2D eigenvalue weighted by atomic mass is 16.5. The molecule has 0 atom stereocenters. The second kappa shape index (κ2) is 4.84. The lowest BCUT2D eigenvalue weighted by molar-refractivity contribution is 0.0816. The van der Waals surface area contributed by atoms with Crippen molar-refractivity contribution in [1.29, 1.82) is 0 Å². The van der Waals surface area contributed by atoms with Crippen molar-refractivity contribution in [3.05, 3.63) is 18.0 Å². The highest BCUT2D eigenvalue weighted by Crippen LogP contribution is 2.31. The first kappa shape index (κ1) is 12.7. The van der Waals surface area contributed by atoms with Crippen molar-refractivity contribution in [2.24, 2.45) is 0 Å². The van der Waals surface area contributed by atoms with Crippen LogP contribution in [0.1, 0.15) is 23.3 Å². The van der Waals surface area contributed by atoms with Crippen LogP contribution in [0.15, 0.2) is 12.3 Å². The van der Waals surface area contributed by atoms with Crippen LogP contribution in [0.3, 0.4) is 0 Å². The minimum absolute atomic E-state index is 0.129. The van der Waals surface area contributed by atoms with E-state index >= 15 is 0 Å². The van der Waals surface area contributed by atoms with Crippen molar-refractivity contribution in [1.82, 2.24) is 9.88 Å². The van der Waals surface area contributed by atoms with Crippen LogP contribution in [0.5, 0.6) is 5.75 Å². The van der Waals surface area contributed by atoms with Gasteiger partial charge in [0.1, 0.15) is 0 Å². The molecule has 1 aromatic rings. The number of pyridine rings is 1. The molecule has 1 aliphatic carbocycles. The van der Waals surface area contributed by atoms with Gasteiger partial charge in [-0.05, 0) is 12.8 Å². The molecule has 1 aromatic heterocycles. The van der Waals surface area contributed by atoms with Crippen LogP contribution in [-0.2, 0) is 0 Å². The summed E-state index contributed by atoms with van der Waals surface area (Å²) in [4.78, 5) is 19.7. The first-order valence-corrected chi connectivity index (χ1v) is 6.04. The molecule has 0 spiro atoms. The zero-order chi connectivity index (χ0) is 13.3. The quantitative estimate of drug-likeness (QED) is 0.809. The van der Waals surface area contributed by atoms with Crippen molar-refractivity contribution >= 4 is 11.6 Å². The highest BCUT2D eigenvalue weighted by Gasteiger charge is 2.27. The van der Waals surface area contributed by atoms with E-state index in [1.54, 1.807) is 20.3 Å². The van der Waals surface area contributed by atoms with Gasteiger partial charge >= 0.3 is 0 Å². The predicted octanol–water partition coefficient (Wildman–Crippen LogP) is 1.39. The lowest BCUT2D eigenvalue weighted by Crippen LogP contribution is -2.24. The maximum Gasteiger partial charge on any atom is 0.275 e. The molecule has 0 radical (unpaired) electrons. The summed E-state index contributed by atoms with van der Waals surface area (Å²) in [6.07, 6.45) is 4.05. The van der Waals surface area contributed by atoms with Crippen molar-refractivity contribution in [3.8, 4) is 5.75 Å². The Morgan fingerprint density at radius 1 is 1.33 bits per heavy atom. The Morgan fingerprint density at radius 3 is 2.50 bits per heavy atom. The molecule has 98 valence electrons. The Labute approximate surface area is 107 Å². The zero-order valence-corrected chi connectivity index (χ0v) is 11.3. The molecule has 0 saturated heterocycles. The van der Waals surface area contributed by atoms with Gasteiger partial charge in [-0.25, -0.2) is 4.98 Å². The molecule has 1 aliphatic rings. The van der Waals surface area contributed by atoms with Gasteiger partial charge in [0, 0.05) is 34.3 Å². The summed E-state index contributed by atoms with van der Waals surface area (Å²) in [6, 6.07) is 1.88. The molecule has 5 heteroatoms. The third-order valence-electron chi connectivity index (χ3n) is 2.78. The van der Waals surface area contributed by atoms with Gasteiger partial charge in [0.25, 0.3) is 5.91 Å². The number of rotatable bonds is 4. The largest absolute Gasteiger partial charge is 0.488 e. The first-order valence-electron chi connectivity index (χ1n) is 6.04. The summed E-state index contributed by atoms with van der Waals surface area (Å²) in [6.45, 7) is 0. The van der Waals surface area contributed by atoms with E-state index in [-0.39, 0.29) is 12.0 Å². The number of aromatic nitrogens is 1. The predicted molar refractivity (Wildman–Crippen MR) is 70.2 cm³/mol. The summed E-state index contributed by atoms with van der Waals surface area (Å²) in [5.74, 6) is 0.457. The fourth-order valence-corrected chi connectivity index (χ4v) is 1.51. The third-order valence-corrected chi connectivity index (χ3v) is 2.78. The van der Waals surface area contributed by atoms with Gasteiger partial charge < -0.3 is 14.5 Å². The van der Waals surface area contributed by atoms with Gasteiger partial charge in [0.15, 0.2) is 11.4 Å². The maximum atomic E-state index is 12.0. The van der Waals surface area contributed by atoms with Gasteiger partial charge in [-0.3, -0.25) is 4.79 Å². The number of amides is 1. The molecule has 0 N–H and O–H groups in total. The van der Waals surface area contributed by atoms with Gasteiger partial charge in [0.05, 0.1) is 18.0 Å². The number of carbonyl (C=O) groups is 1. The van der Waals surface area contributed by atoms with Crippen LogP contribution >= 0.6 is 0 Å². The topological polar surface area (TPSA) is 45.7 Å². The molecule has 18 heavy (non-hydrogen) atoms. The van der Waals surface area contributed by atoms with E-state index < -0.39 is 0 Å². The number of nitrogens with zero attached hydrogens (tertiary/aromatic N) is 3. The van der Waals surface area contributed by atoms with E-state index in [9.17, 15) is 4.79 Å². The number of hydrogen-bond acceptors (Lipinski definition) is 4. The van der Waals surface area contributed by atoms with Gasteiger partial charge in [-0.1, -0.05) is 0 Å². The molecule has 2 rings (SSSR count).